The molecular formula is C14H19NO4. The summed E-state index contributed by atoms with van der Waals surface area (Å²) in [4.78, 5) is 12.9. The zero-order chi connectivity index (χ0) is 13.8. The average Bonchev–Trinajstić information content (AvgIpc) is 2.64. The van der Waals surface area contributed by atoms with E-state index >= 15 is 0 Å². The molecule has 0 aliphatic carbocycles. The Hall–Kier alpha value is -1.75. The molecule has 1 aliphatic rings. The fourth-order valence-corrected chi connectivity index (χ4v) is 2.06. The predicted molar refractivity (Wildman–Crippen MR) is 70.3 cm³/mol. The highest BCUT2D eigenvalue weighted by Crippen LogP contribution is 2.33. The average molecular weight is 265 g/mol. The van der Waals surface area contributed by atoms with Gasteiger partial charge < -0.3 is 19.5 Å². The Morgan fingerprint density at radius 1 is 1.37 bits per heavy atom. The van der Waals surface area contributed by atoms with E-state index in [0.717, 1.165) is 12.0 Å². The normalized spacial score (nSPS) is 15.5. The van der Waals surface area contributed by atoms with E-state index < -0.39 is 0 Å². The molecule has 0 fully saturated rings. The van der Waals surface area contributed by atoms with Gasteiger partial charge in [-0.3, -0.25) is 4.79 Å². The van der Waals surface area contributed by atoms with E-state index in [2.05, 4.69) is 0 Å². The zero-order valence-electron chi connectivity index (χ0n) is 11.3. The van der Waals surface area contributed by atoms with Gasteiger partial charge in [0.25, 0.3) is 0 Å². The van der Waals surface area contributed by atoms with Crippen molar-refractivity contribution in [3.8, 4) is 11.5 Å². The molecule has 104 valence electrons. The minimum absolute atomic E-state index is 0.0915. The third kappa shape index (κ3) is 2.98. The first-order chi connectivity index (χ1) is 9.13. The molecular weight excluding hydrogens is 246 g/mol. The van der Waals surface area contributed by atoms with Crippen molar-refractivity contribution in [1.82, 2.24) is 4.90 Å². The molecule has 0 spiro atoms. The van der Waals surface area contributed by atoms with Crippen molar-refractivity contribution < 1.29 is 19.4 Å². The van der Waals surface area contributed by atoms with E-state index in [1.807, 2.05) is 18.2 Å². The Morgan fingerprint density at radius 3 is 2.68 bits per heavy atom. The number of amides is 1. The number of aliphatic hydroxyl groups is 1. The van der Waals surface area contributed by atoms with Gasteiger partial charge in [0.1, 0.15) is 0 Å². The lowest BCUT2D eigenvalue weighted by atomic mass is 10.1. The van der Waals surface area contributed by atoms with E-state index in [9.17, 15) is 9.90 Å². The molecule has 1 heterocycles. The van der Waals surface area contributed by atoms with Crippen molar-refractivity contribution in [3.63, 3.8) is 0 Å². The van der Waals surface area contributed by atoms with Gasteiger partial charge in [0, 0.05) is 20.4 Å². The lowest BCUT2D eigenvalue weighted by molar-refractivity contribution is -0.130. The molecule has 1 aliphatic heterocycles. The molecule has 1 atom stereocenters. The van der Waals surface area contributed by atoms with Crippen LogP contribution in [-0.2, 0) is 4.79 Å². The maximum atomic E-state index is 11.4. The Morgan fingerprint density at radius 2 is 2.05 bits per heavy atom. The van der Waals surface area contributed by atoms with Crippen LogP contribution >= 0.6 is 0 Å². The number of benzene rings is 1. The number of hydrogen-bond acceptors (Lipinski definition) is 4. The van der Waals surface area contributed by atoms with Crippen LogP contribution in [0.5, 0.6) is 11.5 Å². The van der Waals surface area contributed by atoms with Crippen LogP contribution in [0.3, 0.4) is 0 Å². The van der Waals surface area contributed by atoms with Crippen LogP contribution in [0.15, 0.2) is 18.2 Å². The van der Waals surface area contributed by atoms with Crippen LogP contribution in [-0.4, -0.2) is 42.8 Å². The second-order valence-corrected chi connectivity index (χ2v) is 4.58. The quantitative estimate of drug-likeness (QED) is 0.896. The van der Waals surface area contributed by atoms with Gasteiger partial charge in [-0.2, -0.15) is 0 Å². The van der Waals surface area contributed by atoms with Crippen molar-refractivity contribution in [2.24, 2.45) is 0 Å². The highest BCUT2D eigenvalue weighted by molar-refractivity contribution is 5.73. The fraction of sp³-hybridized carbons (Fsp3) is 0.500. The molecule has 1 aromatic carbocycles. The minimum Gasteiger partial charge on any atom is -0.490 e. The molecule has 0 aromatic heterocycles. The van der Waals surface area contributed by atoms with Crippen molar-refractivity contribution >= 4 is 5.91 Å². The second kappa shape index (κ2) is 5.93. The highest BCUT2D eigenvalue weighted by atomic mass is 16.5. The number of nitrogens with zero attached hydrogens (tertiary/aromatic N) is 1. The lowest BCUT2D eigenvalue weighted by Crippen LogP contribution is -2.31. The maximum Gasteiger partial charge on any atom is 0.219 e. The van der Waals surface area contributed by atoms with Crippen molar-refractivity contribution in [2.45, 2.75) is 19.4 Å². The number of fused-ring (bicyclic) bond motifs is 1. The topological polar surface area (TPSA) is 59.0 Å². The molecule has 0 saturated carbocycles. The zero-order valence-corrected chi connectivity index (χ0v) is 11.3. The third-order valence-corrected chi connectivity index (χ3v) is 3.29. The monoisotopic (exact) mass is 265 g/mol. The first-order valence-electron chi connectivity index (χ1n) is 6.37. The van der Waals surface area contributed by atoms with Crippen molar-refractivity contribution in [2.75, 3.05) is 26.9 Å². The molecule has 1 amide bonds. The summed E-state index contributed by atoms with van der Waals surface area (Å²) in [5, 5.41) is 9.49. The molecule has 1 aromatic rings. The predicted octanol–water partition coefficient (Wildman–Crippen LogP) is 1.36. The number of carbonyl (C=O) groups is 1. The first-order valence-corrected chi connectivity index (χ1v) is 6.37. The standard InChI is InChI=1S/C14H19NO4/c1-10(17)15(2)12(9-16)11-4-5-13-14(8-11)19-7-3-6-18-13/h4-5,8,12,16H,3,6-7,9H2,1-2H3. The molecule has 0 radical (unpaired) electrons. The summed E-state index contributed by atoms with van der Waals surface area (Å²) < 4.78 is 11.2. The second-order valence-electron chi connectivity index (χ2n) is 4.58. The maximum absolute atomic E-state index is 11.4. The number of likely N-dealkylation sites (N-methyl/N-ethyl adjacent to an activating group) is 1. The molecule has 2 rings (SSSR count). The van der Waals surface area contributed by atoms with Gasteiger partial charge in [-0.05, 0) is 17.7 Å². The first kappa shape index (κ1) is 13.7. The molecule has 5 heteroatoms. The number of aliphatic hydroxyl groups excluding tert-OH is 1. The van der Waals surface area contributed by atoms with Crippen molar-refractivity contribution in [1.29, 1.82) is 0 Å². The summed E-state index contributed by atoms with van der Waals surface area (Å²) in [5.41, 5.74) is 0.837. The summed E-state index contributed by atoms with van der Waals surface area (Å²) in [6.45, 7) is 2.60. The Bertz CT molecular complexity index is 461. The van der Waals surface area contributed by atoms with E-state index in [0.29, 0.717) is 24.7 Å². The number of rotatable bonds is 3. The summed E-state index contributed by atoms with van der Waals surface area (Å²) in [6, 6.07) is 5.15. The van der Waals surface area contributed by atoms with Crippen LogP contribution in [0.4, 0.5) is 0 Å². The van der Waals surface area contributed by atoms with Gasteiger partial charge in [-0.1, -0.05) is 6.07 Å². The molecule has 0 bridgehead atoms. The number of ether oxygens (including phenoxy) is 2. The van der Waals surface area contributed by atoms with Crippen molar-refractivity contribution in [3.05, 3.63) is 23.8 Å². The van der Waals surface area contributed by atoms with E-state index in [1.54, 1.807) is 7.05 Å². The number of hydrogen-bond donors (Lipinski definition) is 1. The van der Waals surface area contributed by atoms with Crippen LogP contribution in [0, 0.1) is 0 Å². The van der Waals surface area contributed by atoms with Crippen LogP contribution in [0.2, 0.25) is 0 Å². The Labute approximate surface area is 112 Å². The summed E-state index contributed by atoms with van der Waals surface area (Å²) >= 11 is 0. The molecule has 0 saturated heterocycles. The molecule has 5 nitrogen and oxygen atoms in total. The SMILES string of the molecule is CC(=O)N(C)C(CO)c1ccc2c(c1)OCCCO2. The Balaban J connectivity index is 2.29. The van der Waals surface area contributed by atoms with Gasteiger partial charge in [0.15, 0.2) is 11.5 Å². The van der Waals surface area contributed by atoms with Crippen LogP contribution < -0.4 is 9.47 Å². The van der Waals surface area contributed by atoms with Crippen LogP contribution in [0.1, 0.15) is 24.9 Å². The van der Waals surface area contributed by atoms with Crippen LogP contribution in [0.25, 0.3) is 0 Å². The summed E-state index contributed by atoms with van der Waals surface area (Å²) in [5.74, 6) is 1.29. The smallest absolute Gasteiger partial charge is 0.219 e. The van der Waals surface area contributed by atoms with E-state index in [1.165, 1.54) is 11.8 Å². The molecule has 1 unspecified atom stereocenters. The molecule has 19 heavy (non-hydrogen) atoms. The van der Waals surface area contributed by atoms with E-state index in [-0.39, 0.29) is 18.6 Å². The number of carbonyl (C=O) groups excluding carboxylic acids is 1. The summed E-state index contributed by atoms with van der Waals surface area (Å²) in [6.07, 6.45) is 0.848. The minimum atomic E-state index is -0.366. The largest absolute Gasteiger partial charge is 0.490 e. The lowest BCUT2D eigenvalue weighted by Gasteiger charge is -2.26. The third-order valence-electron chi connectivity index (χ3n) is 3.29. The van der Waals surface area contributed by atoms with Gasteiger partial charge in [-0.15, -0.1) is 0 Å². The van der Waals surface area contributed by atoms with Gasteiger partial charge in [0.05, 0.1) is 25.9 Å². The highest BCUT2D eigenvalue weighted by Gasteiger charge is 2.20. The summed E-state index contributed by atoms with van der Waals surface area (Å²) in [7, 11) is 1.67. The Kier molecular flexibility index (Phi) is 4.27. The van der Waals surface area contributed by atoms with E-state index in [4.69, 9.17) is 9.47 Å². The van der Waals surface area contributed by atoms with Gasteiger partial charge in [-0.25, -0.2) is 0 Å². The fourth-order valence-electron chi connectivity index (χ4n) is 2.06. The molecule has 1 N–H and O–H groups in total. The van der Waals surface area contributed by atoms with Gasteiger partial charge in [0.2, 0.25) is 5.91 Å². The van der Waals surface area contributed by atoms with Gasteiger partial charge >= 0.3 is 0 Å².